The summed E-state index contributed by atoms with van der Waals surface area (Å²) in [6.07, 6.45) is 6.92. The fourth-order valence-electron chi connectivity index (χ4n) is 2.75. The molecule has 0 aliphatic carbocycles. The van der Waals surface area contributed by atoms with Crippen LogP contribution in [0, 0.1) is 6.92 Å². The Morgan fingerprint density at radius 2 is 1.86 bits per heavy atom. The van der Waals surface area contributed by atoms with Crippen molar-refractivity contribution in [1.82, 2.24) is 9.97 Å². The van der Waals surface area contributed by atoms with E-state index in [1.807, 2.05) is 18.3 Å². The van der Waals surface area contributed by atoms with Gasteiger partial charge in [-0.25, -0.2) is 4.98 Å². The lowest BCUT2D eigenvalue weighted by Crippen LogP contribution is -2.26. The molecule has 116 valence electrons. The zero-order valence-corrected chi connectivity index (χ0v) is 14.4. The van der Waals surface area contributed by atoms with Gasteiger partial charge >= 0.3 is 0 Å². The summed E-state index contributed by atoms with van der Waals surface area (Å²) < 4.78 is 1.09. The highest BCUT2D eigenvalue weighted by molar-refractivity contribution is 9.10. The number of nitrogens with one attached hydrogen (secondary N) is 1. The molecule has 4 nitrogen and oxygen atoms in total. The topological polar surface area (TPSA) is 41.1 Å². The fraction of sp³-hybridized carbons (Fsp3) is 0.412. The van der Waals surface area contributed by atoms with E-state index in [2.05, 4.69) is 55.2 Å². The van der Waals surface area contributed by atoms with Gasteiger partial charge in [-0.1, -0.05) is 28.8 Å². The first-order valence-corrected chi connectivity index (χ1v) is 8.63. The van der Waals surface area contributed by atoms with Crippen LogP contribution in [0.25, 0.3) is 0 Å². The van der Waals surface area contributed by atoms with Crippen molar-refractivity contribution in [2.24, 2.45) is 0 Å². The van der Waals surface area contributed by atoms with Crippen molar-refractivity contribution in [1.29, 1.82) is 0 Å². The smallest absolute Gasteiger partial charge is 0.227 e. The molecule has 5 heteroatoms. The van der Waals surface area contributed by atoms with Gasteiger partial charge < -0.3 is 10.2 Å². The predicted octanol–water partition coefficient (Wildman–Crippen LogP) is 4.67. The molecule has 0 bridgehead atoms. The number of hydrogen-bond acceptors (Lipinski definition) is 4. The van der Waals surface area contributed by atoms with Crippen molar-refractivity contribution >= 4 is 33.4 Å². The lowest BCUT2D eigenvalue weighted by Gasteiger charge is -2.20. The first kappa shape index (κ1) is 15.3. The predicted molar refractivity (Wildman–Crippen MR) is 94.9 cm³/mol. The van der Waals surface area contributed by atoms with Crippen LogP contribution in [0.5, 0.6) is 0 Å². The molecule has 1 aliphatic rings. The highest BCUT2D eigenvalue weighted by Crippen LogP contribution is 2.24. The zero-order valence-electron chi connectivity index (χ0n) is 12.8. The third-order valence-corrected chi connectivity index (χ3v) is 4.48. The maximum Gasteiger partial charge on any atom is 0.227 e. The van der Waals surface area contributed by atoms with Crippen LogP contribution in [0.1, 0.15) is 31.2 Å². The van der Waals surface area contributed by atoms with Gasteiger partial charge in [0.05, 0.1) is 0 Å². The summed E-state index contributed by atoms with van der Waals surface area (Å²) in [6, 6.07) is 8.11. The maximum atomic E-state index is 4.69. The molecule has 0 spiro atoms. The van der Waals surface area contributed by atoms with E-state index in [4.69, 9.17) is 0 Å². The van der Waals surface area contributed by atoms with Gasteiger partial charge in [0.2, 0.25) is 5.95 Å². The molecule has 22 heavy (non-hydrogen) atoms. The molecule has 1 saturated heterocycles. The zero-order chi connectivity index (χ0) is 15.4. The first-order valence-electron chi connectivity index (χ1n) is 7.83. The average Bonchev–Trinajstić information content (AvgIpc) is 2.80. The van der Waals surface area contributed by atoms with Crippen molar-refractivity contribution < 1.29 is 0 Å². The molecule has 0 saturated carbocycles. The number of aryl methyl sites for hydroxylation is 1. The Morgan fingerprint density at radius 3 is 2.59 bits per heavy atom. The van der Waals surface area contributed by atoms with E-state index in [1.54, 1.807) is 0 Å². The second-order valence-electron chi connectivity index (χ2n) is 5.73. The van der Waals surface area contributed by atoms with Crippen molar-refractivity contribution in [3.05, 3.63) is 40.5 Å². The quantitative estimate of drug-likeness (QED) is 0.863. The normalized spacial score (nSPS) is 15.5. The largest absolute Gasteiger partial charge is 0.341 e. The third kappa shape index (κ3) is 3.77. The Hall–Kier alpha value is -1.62. The minimum absolute atomic E-state index is 0.835. The first-order chi connectivity index (χ1) is 10.7. The second-order valence-corrected chi connectivity index (χ2v) is 6.64. The van der Waals surface area contributed by atoms with E-state index in [9.17, 15) is 0 Å². The Balaban J connectivity index is 1.78. The molecule has 0 atom stereocenters. The number of nitrogens with zero attached hydrogens (tertiary/aromatic N) is 3. The summed E-state index contributed by atoms with van der Waals surface area (Å²) >= 11 is 3.49. The van der Waals surface area contributed by atoms with Gasteiger partial charge in [-0.2, -0.15) is 4.98 Å². The van der Waals surface area contributed by atoms with Gasteiger partial charge in [0.25, 0.3) is 0 Å². The summed E-state index contributed by atoms with van der Waals surface area (Å²) in [4.78, 5) is 11.4. The molecule has 0 amide bonds. The molecule has 0 unspecified atom stereocenters. The van der Waals surface area contributed by atoms with E-state index < -0.39 is 0 Å². The molecular weight excluding hydrogens is 340 g/mol. The summed E-state index contributed by atoms with van der Waals surface area (Å²) in [5.74, 6) is 1.68. The highest BCUT2D eigenvalue weighted by atomic mass is 79.9. The van der Waals surface area contributed by atoms with Gasteiger partial charge in [0, 0.05) is 29.4 Å². The van der Waals surface area contributed by atoms with E-state index in [0.29, 0.717) is 0 Å². The molecule has 2 heterocycles. The average molecular weight is 361 g/mol. The van der Waals surface area contributed by atoms with Gasteiger partial charge in [0.1, 0.15) is 5.82 Å². The summed E-state index contributed by atoms with van der Waals surface area (Å²) in [7, 11) is 0. The number of halogens is 1. The molecule has 1 aliphatic heterocycles. The van der Waals surface area contributed by atoms with Crippen LogP contribution in [0.15, 0.2) is 34.9 Å². The lowest BCUT2D eigenvalue weighted by molar-refractivity contribution is 0.726. The molecule has 0 radical (unpaired) electrons. The third-order valence-electron chi connectivity index (χ3n) is 3.98. The molecule has 3 rings (SSSR count). The van der Waals surface area contributed by atoms with E-state index >= 15 is 0 Å². The number of aromatic nitrogens is 2. The van der Waals surface area contributed by atoms with Crippen LogP contribution in [0.3, 0.4) is 0 Å². The Labute approximate surface area is 140 Å². The Morgan fingerprint density at radius 1 is 1.09 bits per heavy atom. The number of benzene rings is 1. The molecule has 2 aromatic rings. The van der Waals surface area contributed by atoms with Crippen LogP contribution in [-0.2, 0) is 0 Å². The minimum Gasteiger partial charge on any atom is -0.341 e. The second kappa shape index (κ2) is 7.09. The number of anilines is 3. The van der Waals surface area contributed by atoms with Crippen LogP contribution in [0.4, 0.5) is 17.5 Å². The summed E-state index contributed by atoms with van der Waals surface area (Å²) in [5, 5.41) is 3.40. The highest BCUT2D eigenvalue weighted by Gasteiger charge is 2.13. The molecule has 1 N–H and O–H groups in total. The minimum atomic E-state index is 0.835. The summed E-state index contributed by atoms with van der Waals surface area (Å²) in [5.41, 5.74) is 2.26. The Kier molecular flexibility index (Phi) is 4.93. The number of hydrogen-bond donors (Lipinski definition) is 1. The SMILES string of the molecule is Cc1cc(Br)ccc1Nc1ccnc(N2CCCCCC2)n1. The van der Waals surface area contributed by atoms with Crippen LogP contribution >= 0.6 is 15.9 Å². The van der Waals surface area contributed by atoms with Crippen LogP contribution in [0.2, 0.25) is 0 Å². The van der Waals surface area contributed by atoms with E-state index in [1.165, 1.54) is 31.2 Å². The molecule has 1 fully saturated rings. The molecular formula is C17H21BrN4. The van der Waals surface area contributed by atoms with Gasteiger partial charge in [-0.3, -0.25) is 0 Å². The van der Waals surface area contributed by atoms with Gasteiger partial charge in [0.15, 0.2) is 0 Å². The monoisotopic (exact) mass is 360 g/mol. The lowest BCUT2D eigenvalue weighted by atomic mass is 10.2. The molecule has 1 aromatic heterocycles. The van der Waals surface area contributed by atoms with Crippen LogP contribution in [-0.4, -0.2) is 23.1 Å². The van der Waals surface area contributed by atoms with Crippen molar-refractivity contribution in [2.45, 2.75) is 32.6 Å². The van der Waals surface area contributed by atoms with Gasteiger partial charge in [-0.15, -0.1) is 0 Å². The molecule has 1 aromatic carbocycles. The van der Waals surface area contributed by atoms with Crippen LogP contribution < -0.4 is 10.2 Å². The number of rotatable bonds is 3. The maximum absolute atomic E-state index is 4.69. The van der Waals surface area contributed by atoms with E-state index in [-0.39, 0.29) is 0 Å². The van der Waals surface area contributed by atoms with Gasteiger partial charge in [-0.05, 0) is 49.6 Å². The van der Waals surface area contributed by atoms with E-state index in [0.717, 1.165) is 35.0 Å². The van der Waals surface area contributed by atoms with Crippen molar-refractivity contribution in [3.63, 3.8) is 0 Å². The standard InChI is InChI=1S/C17H21BrN4/c1-13-12-14(18)6-7-15(13)20-16-8-9-19-17(21-16)22-10-4-2-3-5-11-22/h6-9,12H,2-5,10-11H2,1H3,(H,19,20,21). The summed E-state index contributed by atoms with van der Waals surface area (Å²) in [6.45, 7) is 4.20. The van der Waals surface area contributed by atoms with Crippen molar-refractivity contribution in [3.8, 4) is 0 Å². The Bertz CT molecular complexity index is 636. The fourth-order valence-corrected chi connectivity index (χ4v) is 3.22. The van der Waals surface area contributed by atoms with Crippen molar-refractivity contribution in [2.75, 3.05) is 23.3 Å².